The van der Waals surface area contributed by atoms with Crippen molar-refractivity contribution in [3.8, 4) is 12.3 Å². The van der Waals surface area contributed by atoms with Crippen molar-refractivity contribution in [2.75, 3.05) is 31.1 Å². The third-order valence-corrected chi connectivity index (χ3v) is 4.39. The van der Waals surface area contributed by atoms with Crippen LogP contribution in [0.4, 0.5) is 0 Å². The lowest BCUT2D eigenvalue weighted by atomic mass is 9.99. The monoisotopic (exact) mass is 268 g/mol. The summed E-state index contributed by atoms with van der Waals surface area (Å²) < 4.78 is 0. The van der Waals surface area contributed by atoms with Crippen LogP contribution in [0.15, 0.2) is 0 Å². The molecule has 0 aliphatic carbocycles. The number of piperazine rings is 1. The van der Waals surface area contributed by atoms with Crippen LogP contribution >= 0.6 is 11.8 Å². The molecule has 0 amide bonds. The molecule has 1 N–H and O–H groups in total. The Bertz CT molecular complexity index is 260. The van der Waals surface area contributed by atoms with Gasteiger partial charge in [-0.05, 0) is 18.8 Å². The zero-order valence-corrected chi connectivity index (χ0v) is 12.9. The van der Waals surface area contributed by atoms with Gasteiger partial charge in [-0.2, -0.15) is 0 Å². The normalized spacial score (nSPS) is 25.3. The standard InChI is InChI=1S/C15H28N2S/c1-5-8-18-9-7-17-12-14(10-13(3)4)16-11-15(17)6-2/h1,13-16H,6-12H2,2-4H3. The highest BCUT2D eigenvalue weighted by atomic mass is 32.2. The molecule has 0 spiro atoms. The molecule has 2 atom stereocenters. The summed E-state index contributed by atoms with van der Waals surface area (Å²) in [6.07, 6.45) is 7.80. The van der Waals surface area contributed by atoms with Gasteiger partial charge in [0.25, 0.3) is 0 Å². The Kier molecular flexibility index (Phi) is 7.81. The lowest BCUT2D eigenvalue weighted by molar-refractivity contribution is 0.126. The Morgan fingerprint density at radius 3 is 2.89 bits per heavy atom. The van der Waals surface area contributed by atoms with Crippen molar-refractivity contribution in [1.29, 1.82) is 0 Å². The Labute approximate surface area is 117 Å². The second-order valence-electron chi connectivity index (χ2n) is 5.55. The van der Waals surface area contributed by atoms with Gasteiger partial charge in [0.1, 0.15) is 0 Å². The number of nitrogens with one attached hydrogen (secondary N) is 1. The summed E-state index contributed by atoms with van der Waals surface area (Å²) in [4.78, 5) is 2.66. The van der Waals surface area contributed by atoms with Crippen LogP contribution in [0.3, 0.4) is 0 Å². The van der Waals surface area contributed by atoms with E-state index in [1.54, 1.807) is 0 Å². The van der Waals surface area contributed by atoms with Crippen LogP contribution < -0.4 is 5.32 Å². The molecule has 1 heterocycles. The van der Waals surface area contributed by atoms with Crippen LogP contribution in [-0.4, -0.2) is 48.1 Å². The summed E-state index contributed by atoms with van der Waals surface area (Å²) in [6, 6.07) is 1.38. The summed E-state index contributed by atoms with van der Waals surface area (Å²) >= 11 is 1.88. The molecule has 0 bridgehead atoms. The van der Waals surface area contributed by atoms with E-state index >= 15 is 0 Å². The fourth-order valence-corrected chi connectivity index (χ4v) is 3.27. The van der Waals surface area contributed by atoms with Crippen molar-refractivity contribution >= 4 is 11.8 Å². The average molecular weight is 268 g/mol. The summed E-state index contributed by atoms with van der Waals surface area (Å²) in [5, 5.41) is 3.70. The molecule has 1 aliphatic rings. The quantitative estimate of drug-likeness (QED) is 0.564. The molecule has 0 aromatic carbocycles. The maximum Gasteiger partial charge on any atom is 0.0545 e. The third-order valence-electron chi connectivity index (χ3n) is 3.55. The molecule has 1 saturated heterocycles. The fraction of sp³-hybridized carbons (Fsp3) is 0.867. The van der Waals surface area contributed by atoms with Crippen LogP contribution in [0.1, 0.15) is 33.6 Å². The lowest BCUT2D eigenvalue weighted by Gasteiger charge is -2.40. The van der Waals surface area contributed by atoms with Gasteiger partial charge < -0.3 is 5.32 Å². The van der Waals surface area contributed by atoms with E-state index in [0.717, 1.165) is 24.0 Å². The number of terminal acetylenes is 1. The minimum absolute atomic E-state index is 0.672. The number of rotatable bonds is 7. The number of hydrogen-bond acceptors (Lipinski definition) is 3. The molecule has 2 unspecified atom stereocenters. The molecule has 2 nitrogen and oxygen atoms in total. The summed E-state index contributed by atoms with van der Waals surface area (Å²) in [5.74, 6) is 5.48. The van der Waals surface area contributed by atoms with Crippen LogP contribution in [0.25, 0.3) is 0 Å². The van der Waals surface area contributed by atoms with Crippen LogP contribution in [0.5, 0.6) is 0 Å². The molecular weight excluding hydrogens is 240 g/mol. The van der Waals surface area contributed by atoms with Crippen molar-refractivity contribution in [2.24, 2.45) is 5.92 Å². The minimum Gasteiger partial charge on any atom is -0.311 e. The van der Waals surface area contributed by atoms with Gasteiger partial charge in [-0.1, -0.05) is 26.7 Å². The highest BCUT2D eigenvalue weighted by Crippen LogP contribution is 2.15. The van der Waals surface area contributed by atoms with Gasteiger partial charge in [-0.25, -0.2) is 0 Å². The first kappa shape index (κ1) is 15.9. The summed E-state index contributed by atoms with van der Waals surface area (Å²) in [7, 11) is 0. The Morgan fingerprint density at radius 1 is 1.50 bits per heavy atom. The van der Waals surface area contributed by atoms with E-state index in [-0.39, 0.29) is 0 Å². The van der Waals surface area contributed by atoms with E-state index in [1.807, 2.05) is 11.8 Å². The second kappa shape index (κ2) is 8.85. The van der Waals surface area contributed by atoms with Gasteiger partial charge in [0, 0.05) is 37.5 Å². The van der Waals surface area contributed by atoms with Crippen LogP contribution in [-0.2, 0) is 0 Å². The number of thioether (sulfide) groups is 1. The third kappa shape index (κ3) is 5.65. The van der Waals surface area contributed by atoms with Crippen molar-refractivity contribution < 1.29 is 0 Å². The molecule has 104 valence electrons. The predicted molar refractivity (Wildman–Crippen MR) is 83.1 cm³/mol. The molecular formula is C15H28N2S. The zero-order chi connectivity index (χ0) is 13.4. The SMILES string of the molecule is C#CCSCCN1CC(CC(C)C)NCC1CC. The van der Waals surface area contributed by atoms with Crippen LogP contribution in [0.2, 0.25) is 0 Å². The van der Waals surface area contributed by atoms with Gasteiger partial charge >= 0.3 is 0 Å². The molecule has 0 aromatic rings. The Hall–Kier alpha value is -0.170. The topological polar surface area (TPSA) is 15.3 Å². The molecule has 0 aromatic heterocycles. The van der Waals surface area contributed by atoms with Gasteiger partial charge in [0.05, 0.1) is 5.75 Å². The van der Waals surface area contributed by atoms with Gasteiger partial charge in [0.15, 0.2) is 0 Å². The molecule has 3 heteroatoms. The summed E-state index contributed by atoms with van der Waals surface area (Å²) in [5.41, 5.74) is 0. The fourth-order valence-electron chi connectivity index (χ4n) is 2.64. The first-order valence-corrected chi connectivity index (χ1v) is 8.31. The van der Waals surface area contributed by atoms with Crippen molar-refractivity contribution in [3.63, 3.8) is 0 Å². The van der Waals surface area contributed by atoms with Crippen LogP contribution in [0, 0.1) is 18.3 Å². The highest BCUT2D eigenvalue weighted by molar-refractivity contribution is 7.99. The van der Waals surface area contributed by atoms with Gasteiger partial charge in [-0.3, -0.25) is 4.90 Å². The Balaban J connectivity index is 2.36. The maximum absolute atomic E-state index is 5.28. The molecule has 1 fully saturated rings. The van der Waals surface area contributed by atoms with Crippen molar-refractivity contribution in [1.82, 2.24) is 10.2 Å². The Morgan fingerprint density at radius 2 is 2.28 bits per heavy atom. The van der Waals surface area contributed by atoms with Crippen molar-refractivity contribution in [2.45, 2.75) is 45.7 Å². The first-order chi connectivity index (χ1) is 8.67. The van der Waals surface area contributed by atoms with E-state index in [2.05, 4.69) is 36.9 Å². The smallest absolute Gasteiger partial charge is 0.0545 e. The lowest BCUT2D eigenvalue weighted by Crippen LogP contribution is -2.57. The van der Waals surface area contributed by atoms with E-state index in [1.165, 1.54) is 25.9 Å². The maximum atomic E-state index is 5.28. The molecule has 0 saturated carbocycles. The van der Waals surface area contributed by atoms with Crippen molar-refractivity contribution in [3.05, 3.63) is 0 Å². The molecule has 0 radical (unpaired) electrons. The highest BCUT2D eigenvalue weighted by Gasteiger charge is 2.26. The van der Waals surface area contributed by atoms with E-state index in [4.69, 9.17) is 6.42 Å². The average Bonchev–Trinajstić information content (AvgIpc) is 2.34. The zero-order valence-electron chi connectivity index (χ0n) is 12.1. The number of hydrogen-bond donors (Lipinski definition) is 1. The van der Waals surface area contributed by atoms with Gasteiger partial charge in [-0.15, -0.1) is 18.2 Å². The minimum atomic E-state index is 0.672. The van der Waals surface area contributed by atoms with E-state index < -0.39 is 0 Å². The second-order valence-corrected chi connectivity index (χ2v) is 6.65. The molecule has 1 aliphatic heterocycles. The first-order valence-electron chi connectivity index (χ1n) is 7.16. The largest absolute Gasteiger partial charge is 0.311 e. The molecule has 1 rings (SSSR count). The molecule has 18 heavy (non-hydrogen) atoms. The van der Waals surface area contributed by atoms with E-state index in [0.29, 0.717) is 12.1 Å². The number of nitrogens with zero attached hydrogens (tertiary/aromatic N) is 1. The predicted octanol–water partition coefficient (Wildman–Crippen LogP) is 2.45. The van der Waals surface area contributed by atoms with Gasteiger partial charge in [0.2, 0.25) is 0 Å². The summed E-state index contributed by atoms with van der Waals surface area (Å²) in [6.45, 7) is 10.4. The van der Waals surface area contributed by atoms with E-state index in [9.17, 15) is 0 Å².